The Bertz CT molecular complexity index is 1180. The van der Waals surface area contributed by atoms with Gasteiger partial charge in [0, 0.05) is 0 Å². The number of hydrogen-bond donors (Lipinski definition) is 1. The lowest BCUT2D eigenvalue weighted by Gasteiger charge is -2.14. The minimum Gasteiger partial charge on any atom is -0.491 e. The number of benzene rings is 3. The number of aryl methyl sites for hydroxylation is 2. The molecule has 4 rings (SSSR count). The van der Waals surface area contributed by atoms with Crippen LogP contribution in [0.5, 0.6) is 11.5 Å². The predicted molar refractivity (Wildman–Crippen MR) is 125 cm³/mol. The molecule has 0 radical (unpaired) electrons. The molecule has 1 N–H and O–H groups in total. The van der Waals surface area contributed by atoms with E-state index in [0.717, 1.165) is 33.7 Å². The zero-order chi connectivity index (χ0) is 22.3. The second-order valence-corrected chi connectivity index (χ2v) is 7.62. The van der Waals surface area contributed by atoms with Crippen LogP contribution in [0.1, 0.15) is 17.0 Å². The number of fused-ring (bicyclic) bond motifs is 1. The Balaban J connectivity index is 1.41. The van der Waals surface area contributed by atoms with E-state index in [1.54, 1.807) is 0 Å². The minimum absolute atomic E-state index is 0.0418. The van der Waals surface area contributed by atoms with Gasteiger partial charge in [-0.1, -0.05) is 48.5 Å². The third-order valence-corrected chi connectivity index (χ3v) is 5.26. The molecule has 1 heterocycles. The van der Waals surface area contributed by atoms with Gasteiger partial charge in [0.2, 0.25) is 0 Å². The molecule has 4 aromatic rings. The van der Waals surface area contributed by atoms with E-state index >= 15 is 0 Å². The molecule has 1 amide bonds. The number of rotatable bonds is 9. The van der Waals surface area contributed by atoms with E-state index in [9.17, 15) is 4.79 Å². The Morgan fingerprint density at radius 1 is 0.906 bits per heavy atom. The number of hydrogen-bond acceptors (Lipinski definition) is 4. The second-order valence-electron chi connectivity index (χ2n) is 7.62. The summed E-state index contributed by atoms with van der Waals surface area (Å²) in [6.45, 7) is 5.50. The maximum Gasteiger partial charge on any atom is 0.258 e. The molecule has 0 fully saturated rings. The predicted octanol–water partition coefficient (Wildman–Crippen LogP) is 4.43. The second kappa shape index (κ2) is 10.0. The van der Waals surface area contributed by atoms with Crippen molar-refractivity contribution in [1.29, 1.82) is 0 Å². The van der Waals surface area contributed by atoms with Crippen LogP contribution in [0.25, 0.3) is 11.0 Å². The summed E-state index contributed by atoms with van der Waals surface area (Å²) in [6, 6.07) is 23.4. The van der Waals surface area contributed by atoms with Crippen molar-refractivity contribution < 1.29 is 14.3 Å². The van der Waals surface area contributed by atoms with Crippen molar-refractivity contribution in [2.24, 2.45) is 0 Å². The molecule has 0 unspecified atom stereocenters. The van der Waals surface area contributed by atoms with Crippen molar-refractivity contribution in [3.05, 3.63) is 89.7 Å². The van der Waals surface area contributed by atoms with Crippen LogP contribution in [0.2, 0.25) is 0 Å². The summed E-state index contributed by atoms with van der Waals surface area (Å²) in [5, 5.41) is 2.91. The summed E-state index contributed by atoms with van der Waals surface area (Å²) < 4.78 is 13.7. The summed E-state index contributed by atoms with van der Waals surface area (Å²) >= 11 is 0. The highest BCUT2D eigenvalue weighted by Crippen LogP contribution is 2.23. The Morgan fingerprint density at radius 2 is 1.62 bits per heavy atom. The first-order valence-corrected chi connectivity index (χ1v) is 10.7. The third kappa shape index (κ3) is 5.09. The molecule has 0 saturated carbocycles. The monoisotopic (exact) mass is 429 g/mol. The summed E-state index contributed by atoms with van der Waals surface area (Å²) in [6.07, 6.45) is 0. The Labute approximate surface area is 187 Å². The normalized spacial score (nSPS) is 10.8. The Hall–Kier alpha value is -3.80. The lowest BCUT2D eigenvalue weighted by atomic mass is 10.1. The number of amides is 1. The van der Waals surface area contributed by atoms with Gasteiger partial charge in [-0.2, -0.15) is 0 Å². The van der Waals surface area contributed by atoms with E-state index in [2.05, 4.69) is 9.88 Å². The molecule has 0 bridgehead atoms. The van der Waals surface area contributed by atoms with Crippen LogP contribution < -0.4 is 14.8 Å². The number of nitrogens with one attached hydrogen (secondary N) is 1. The zero-order valence-corrected chi connectivity index (χ0v) is 18.4. The standard InChI is InChI=1S/C26H27N3O3/c1-19-9-8-10-20(2)26(19)31-16-15-29-23-14-7-6-13-22(23)28-24(29)17-27-25(30)18-32-21-11-4-3-5-12-21/h3-14H,15-18H2,1-2H3,(H,27,30). The summed E-state index contributed by atoms with van der Waals surface area (Å²) in [4.78, 5) is 17.0. The molecule has 0 spiro atoms. The van der Waals surface area contributed by atoms with Gasteiger partial charge in [0.05, 0.1) is 24.1 Å². The lowest BCUT2D eigenvalue weighted by molar-refractivity contribution is -0.123. The van der Waals surface area contributed by atoms with E-state index in [1.165, 1.54) is 0 Å². The first-order chi connectivity index (χ1) is 15.6. The third-order valence-electron chi connectivity index (χ3n) is 5.26. The molecular formula is C26H27N3O3. The van der Waals surface area contributed by atoms with Crippen molar-refractivity contribution in [2.45, 2.75) is 26.9 Å². The first-order valence-electron chi connectivity index (χ1n) is 10.7. The van der Waals surface area contributed by atoms with Crippen molar-refractivity contribution in [3.63, 3.8) is 0 Å². The van der Waals surface area contributed by atoms with Crippen molar-refractivity contribution in [3.8, 4) is 11.5 Å². The molecule has 0 atom stereocenters. The van der Waals surface area contributed by atoms with E-state index < -0.39 is 0 Å². The van der Waals surface area contributed by atoms with Crippen LogP contribution in [-0.2, 0) is 17.9 Å². The average Bonchev–Trinajstić information content (AvgIpc) is 3.16. The lowest BCUT2D eigenvalue weighted by Crippen LogP contribution is -2.29. The van der Waals surface area contributed by atoms with Crippen molar-refractivity contribution in [1.82, 2.24) is 14.9 Å². The van der Waals surface area contributed by atoms with Crippen LogP contribution in [0.4, 0.5) is 0 Å². The van der Waals surface area contributed by atoms with E-state index in [4.69, 9.17) is 14.5 Å². The number of para-hydroxylation sites is 4. The fourth-order valence-corrected chi connectivity index (χ4v) is 3.67. The van der Waals surface area contributed by atoms with Gasteiger partial charge in [0.15, 0.2) is 6.61 Å². The summed E-state index contributed by atoms with van der Waals surface area (Å²) in [7, 11) is 0. The van der Waals surface area contributed by atoms with Gasteiger partial charge in [-0.25, -0.2) is 4.98 Å². The molecule has 1 aromatic heterocycles. The molecule has 6 nitrogen and oxygen atoms in total. The highest BCUT2D eigenvalue weighted by atomic mass is 16.5. The van der Waals surface area contributed by atoms with Crippen LogP contribution in [0.15, 0.2) is 72.8 Å². The van der Waals surface area contributed by atoms with Gasteiger partial charge in [0.25, 0.3) is 5.91 Å². The fraction of sp³-hybridized carbons (Fsp3) is 0.231. The van der Waals surface area contributed by atoms with Gasteiger partial charge in [-0.3, -0.25) is 4.79 Å². The van der Waals surface area contributed by atoms with Crippen LogP contribution in [0.3, 0.4) is 0 Å². The largest absolute Gasteiger partial charge is 0.491 e. The molecule has 6 heteroatoms. The smallest absolute Gasteiger partial charge is 0.258 e. The average molecular weight is 430 g/mol. The van der Waals surface area contributed by atoms with E-state index in [1.807, 2.05) is 86.6 Å². The Morgan fingerprint density at radius 3 is 2.41 bits per heavy atom. The zero-order valence-electron chi connectivity index (χ0n) is 18.4. The van der Waals surface area contributed by atoms with Gasteiger partial charge < -0.3 is 19.4 Å². The molecule has 0 aliphatic heterocycles. The number of nitrogens with zero attached hydrogens (tertiary/aromatic N) is 2. The molecule has 0 aliphatic carbocycles. The van der Waals surface area contributed by atoms with E-state index in [-0.39, 0.29) is 12.5 Å². The number of aromatic nitrogens is 2. The highest BCUT2D eigenvalue weighted by Gasteiger charge is 2.13. The maximum atomic E-state index is 12.3. The summed E-state index contributed by atoms with van der Waals surface area (Å²) in [5.74, 6) is 2.17. The maximum absolute atomic E-state index is 12.3. The van der Waals surface area contributed by atoms with Crippen LogP contribution in [0, 0.1) is 13.8 Å². The van der Waals surface area contributed by atoms with Gasteiger partial charge in [0.1, 0.15) is 23.9 Å². The minimum atomic E-state index is -0.195. The van der Waals surface area contributed by atoms with Gasteiger partial charge in [-0.15, -0.1) is 0 Å². The fourth-order valence-electron chi connectivity index (χ4n) is 3.67. The molecular weight excluding hydrogens is 402 g/mol. The molecule has 32 heavy (non-hydrogen) atoms. The van der Waals surface area contributed by atoms with Crippen molar-refractivity contribution in [2.75, 3.05) is 13.2 Å². The Kier molecular flexibility index (Phi) is 6.70. The summed E-state index contributed by atoms with van der Waals surface area (Å²) in [5.41, 5.74) is 4.14. The van der Waals surface area contributed by atoms with Crippen molar-refractivity contribution >= 4 is 16.9 Å². The van der Waals surface area contributed by atoms with Crippen LogP contribution >= 0.6 is 0 Å². The molecule has 3 aromatic carbocycles. The van der Waals surface area contributed by atoms with E-state index in [0.29, 0.717) is 25.4 Å². The first kappa shape index (κ1) is 21.4. The highest BCUT2D eigenvalue weighted by molar-refractivity contribution is 5.78. The molecule has 164 valence electrons. The number of carbonyl (C=O) groups is 1. The quantitative estimate of drug-likeness (QED) is 0.428. The molecule has 0 aliphatic rings. The number of ether oxygens (including phenoxy) is 2. The van der Waals surface area contributed by atoms with Crippen LogP contribution in [-0.4, -0.2) is 28.7 Å². The SMILES string of the molecule is Cc1cccc(C)c1OCCn1c(CNC(=O)COc2ccccc2)nc2ccccc21. The van der Waals surface area contributed by atoms with Gasteiger partial charge in [-0.05, 0) is 49.2 Å². The molecule has 0 saturated heterocycles. The number of carbonyl (C=O) groups excluding carboxylic acids is 1. The van der Waals surface area contributed by atoms with Gasteiger partial charge >= 0.3 is 0 Å². The topological polar surface area (TPSA) is 65.4 Å². The number of imidazole rings is 1.